The highest BCUT2D eigenvalue weighted by Gasteiger charge is 2.29. The maximum atomic E-state index is 11.0. The predicted molar refractivity (Wildman–Crippen MR) is 70.4 cm³/mol. The largest absolute Gasteiger partial charge is 0.443 e. The van der Waals surface area contributed by atoms with E-state index in [1.54, 1.807) is 0 Å². The fourth-order valence-electron chi connectivity index (χ4n) is 2.97. The minimum absolute atomic E-state index is 0.0136. The first-order valence-corrected chi connectivity index (χ1v) is 7.13. The third kappa shape index (κ3) is 3.59. The lowest BCUT2D eigenvalue weighted by atomic mass is 9.90. The Kier molecular flexibility index (Phi) is 4.83. The minimum Gasteiger partial charge on any atom is -0.443 e. The van der Waals surface area contributed by atoms with Gasteiger partial charge in [-0.3, -0.25) is 4.90 Å². The first-order chi connectivity index (χ1) is 8.69. The molecular weight excluding hydrogens is 230 g/mol. The molecule has 1 aliphatic carbocycles. The van der Waals surface area contributed by atoms with Crippen LogP contribution in [-0.2, 0) is 4.74 Å². The van der Waals surface area contributed by atoms with E-state index in [0.717, 1.165) is 32.4 Å². The number of alkyl carbamates (subject to hydrolysis) is 1. The van der Waals surface area contributed by atoms with Gasteiger partial charge in [-0.25, -0.2) is 4.79 Å². The SMILES string of the molecule is CCCN(CC1CNC(=O)O1)C1CCC(N)CC1. The molecule has 0 aromatic rings. The molecule has 0 bridgehead atoms. The molecule has 2 fully saturated rings. The van der Waals surface area contributed by atoms with Crippen LogP contribution in [0.3, 0.4) is 0 Å². The van der Waals surface area contributed by atoms with Crippen molar-refractivity contribution >= 4 is 6.09 Å². The Labute approximate surface area is 109 Å². The molecule has 1 atom stereocenters. The molecule has 0 spiro atoms. The summed E-state index contributed by atoms with van der Waals surface area (Å²) >= 11 is 0. The van der Waals surface area contributed by atoms with Crippen LogP contribution >= 0.6 is 0 Å². The van der Waals surface area contributed by atoms with Gasteiger partial charge in [0.05, 0.1) is 6.54 Å². The zero-order valence-corrected chi connectivity index (χ0v) is 11.2. The van der Waals surface area contributed by atoms with Gasteiger partial charge >= 0.3 is 6.09 Å². The highest BCUT2D eigenvalue weighted by molar-refractivity contribution is 5.69. The molecule has 0 radical (unpaired) electrons. The van der Waals surface area contributed by atoms with Crippen LogP contribution in [0.5, 0.6) is 0 Å². The second-order valence-electron chi connectivity index (χ2n) is 5.47. The summed E-state index contributed by atoms with van der Waals surface area (Å²) in [7, 11) is 0. The summed E-state index contributed by atoms with van der Waals surface area (Å²) in [6.45, 7) is 4.77. The summed E-state index contributed by atoms with van der Waals surface area (Å²) < 4.78 is 5.23. The number of nitrogens with two attached hydrogens (primary N) is 1. The Morgan fingerprint density at radius 1 is 1.39 bits per heavy atom. The van der Waals surface area contributed by atoms with Gasteiger partial charge in [-0.1, -0.05) is 6.92 Å². The maximum absolute atomic E-state index is 11.0. The number of nitrogens with zero attached hydrogens (tertiary/aromatic N) is 1. The van der Waals surface area contributed by atoms with Crippen molar-refractivity contribution in [2.24, 2.45) is 5.73 Å². The molecule has 2 rings (SSSR count). The Morgan fingerprint density at radius 2 is 2.11 bits per heavy atom. The standard InChI is InChI=1S/C13H25N3O2/c1-2-7-16(9-12-8-15-13(17)18-12)11-5-3-10(14)4-6-11/h10-12H,2-9,14H2,1H3,(H,15,17). The number of hydrogen-bond acceptors (Lipinski definition) is 4. The van der Waals surface area contributed by atoms with Gasteiger partial charge in [-0.2, -0.15) is 0 Å². The molecule has 1 saturated carbocycles. The van der Waals surface area contributed by atoms with E-state index in [2.05, 4.69) is 17.1 Å². The summed E-state index contributed by atoms with van der Waals surface area (Å²) in [5.74, 6) is 0. The van der Waals surface area contributed by atoms with Crippen LogP contribution in [0.2, 0.25) is 0 Å². The van der Waals surface area contributed by atoms with E-state index in [-0.39, 0.29) is 12.2 Å². The molecule has 18 heavy (non-hydrogen) atoms. The molecule has 1 amide bonds. The van der Waals surface area contributed by atoms with Crippen molar-refractivity contribution in [3.05, 3.63) is 0 Å². The third-order valence-electron chi connectivity index (χ3n) is 3.95. The molecule has 5 heteroatoms. The van der Waals surface area contributed by atoms with Crippen LogP contribution in [-0.4, -0.2) is 48.8 Å². The number of carbonyl (C=O) groups is 1. The fraction of sp³-hybridized carbons (Fsp3) is 0.923. The maximum Gasteiger partial charge on any atom is 0.407 e. The lowest BCUT2D eigenvalue weighted by molar-refractivity contribution is 0.0758. The number of ether oxygens (including phenoxy) is 1. The molecule has 1 saturated heterocycles. The lowest BCUT2D eigenvalue weighted by Gasteiger charge is -2.36. The van der Waals surface area contributed by atoms with Gasteiger partial charge < -0.3 is 15.8 Å². The Balaban J connectivity index is 1.85. The van der Waals surface area contributed by atoms with Crippen molar-refractivity contribution in [1.29, 1.82) is 0 Å². The molecule has 1 heterocycles. The van der Waals surface area contributed by atoms with Crippen molar-refractivity contribution in [2.45, 2.75) is 57.2 Å². The number of amides is 1. The molecule has 3 N–H and O–H groups in total. The van der Waals surface area contributed by atoms with Crippen molar-refractivity contribution in [3.8, 4) is 0 Å². The van der Waals surface area contributed by atoms with Gasteiger partial charge in [0, 0.05) is 18.6 Å². The van der Waals surface area contributed by atoms with Gasteiger partial charge in [0.2, 0.25) is 0 Å². The first-order valence-electron chi connectivity index (χ1n) is 7.13. The highest BCUT2D eigenvalue weighted by atomic mass is 16.6. The summed E-state index contributed by atoms with van der Waals surface area (Å²) in [4.78, 5) is 13.5. The number of carbonyl (C=O) groups excluding carboxylic acids is 1. The average molecular weight is 255 g/mol. The molecule has 0 aromatic carbocycles. The summed E-state index contributed by atoms with van der Waals surface area (Å²) in [6.07, 6.45) is 5.46. The van der Waals surface area contributed by atoms with Crippen LogP contribution in [0, 0.1) is 0 Å². The van der Waals surface area contributed by atoms with Gasteiger partial charge in [-0.15, -0.1) is 0 Å². The minimum atomic E-state index is -0.276. The quantitative estimate of drug-likeness (QED) is 0.771. The van der Waals surface area contributed by atoms with Gasteiger partial charge in [-0.05, 0) is 38.6 Å². The van der Waals surface area contributed by atoms with Crippen molar-refractivity contribution in [2.75, 3.05) is 19.6 Å². The Hall–Kier alpha value is -0.810. The smallest absolute Gasteiger partial charge is 0.407 e. The number of cyclic esters (lactones) is 1. The van der Waals surface area contributed by atoms with E-state index < -0.39 is 0 Å². The third-order valence-corrected chi connectivity index (χ3v) is 3.95. The van der Waals surface area contributed by atoms with Gasteiger partial charge in [0.1, 0.15) is 6.10 Å². The second kappa shape index (κ2) is 6.38. The lowest BCUT2D eigenvalue weighted by Crippen LogP contribution is -2.45. The zero-order chi connectivity index (χ0) is 13.0. The van der Waals surface area contributed by atoms with E-state index in [1.165, 1.54) is 12.8 Å². The van der Waals surface area contributed by atoms with E-state index >= 15 is 0 Å². The van der Waals surface area contributed by atoms with E-state index in [9.17, 15) is 4.79 Å². The zero-order valence-electron chi connectivity index (χ0n) is 11.2. The first kappa shape index (κ1) is 13.6. The monoisotopic (exact) mass is 255 g/mol. The molecule has 1 aliphatic heterocycles. The topological polar surface area (TPSA) is 67.6 Å². The normalized spacial score (nSPS) is 32.4. The van der Waals surface area contributed by atoms with Crippen LogP contribution in [0.1, 0.15) is 39.0 Å². The van der Waals surface area contributed by atoms with E-state index in [1.807, 2.05) is 0 Å². The molecule has 104 valence electrons. The number of hydrogen-bond donors (Lipinski definition) is 2. The van der Waals surface area contributed by atoms with Gasteiger partial charge in [0.25, 0.3) is 0 Å². The Morgan fingerprint density at radius 3 is 2.67 bits per heavy atom. The van der Waals surface area contributed by atoms with E-state index in [0.29, 0.717) is 18.6 Å². The van der Waals surface area contributed by atoms with Crippen molar-refractivity contribution in [1.82, 2.24) is 10.2 Å². The van der Waals surface area contributed by atoms with E-state index in [4.69, 9.17) is 10.5 Å². The average Bonchev–Trinajstić information content (AvgIpc) is 2.75. The summed E-state index contributed by atoms with van der Waals surface area (Å²) in [5.41, 5.74) is 5.95. The fourth-order valence-corrected chi connectivity index (χ4v) is 2.97. The summed E-state index contributed by atoms with van der Waals surface area (Å²) in [6, 6.07) is 1.000. The van der Waals surface area contributed by atoms with Gasteiger partial charge in [0.15, 0.2) is 0 Å². The van der Waals surface area contributed by atoms with Crippen molar-refractivity contribution < 1.29 is 9.53 Å². The van der Waals surface area contributed by atoms with Crippen LogP contribution in [0.15, 0.2) is 0 Å². The molecule has 5 nitrogen and oxygen atoms in total. The highest BCUT2D eigenvalue weighted by Crippen LogP contribution is 2.23. The molecule has 0 aromatic heterocycles. The number of rotatable bonds is 5. The van der Waals surface area contributed by atoms with Crippen LogP contribution < -0.4 is 11.1 Å². The summed E-state index contributed by atoms with van der Waals surface area (Å²) in [5, 5.41) is 2.72. The van der Waals surface area contributed by atoms with Crippen LogP contribution in [0.25, 0.3) is 0 Å². The predicted octanol–water partition coefficient (Wildman–Crippen LogP) is 1.08. The second-order valence-corrected chi connectivity index (χ2v) is 5.47. The van der Waals surface area contributed by atoms with Crippen LogP contribution in [0.4, 0.5) is 4.79 Å². The van der Waals surface area contributed by atoms with Crippen molar-refractivity contribution in [3.63, 3.8) is 0 Å². The molecule has 2 aliphatic rings. The number of nitrogens with one attached hydrogen (secondary N) is 1. The Bertz CT molecular complexity index is 277. The molecule has 1 unspecified atom stereocenters. The molecular formula is C13H25N3O2.